The Bertz CT molecular complexity index is 635. The monoisotopic (exact) mass is 271 g/mol. The van der Waals surface area contributed by atoms with Crippen LogP contribution in [0.15, 0.2) is 36.5 Å². The summed E-state index contributed by atoms with van der Waals surface area (Å²) in [5, 5.41) is 11.9. The second kappa shape index (κ2) is 6.02. The molecule has 5 heteroatoms. The SMILES string of the molecule is COc1ccc([C@H](C)Nc2ccc(C#N)cn2)cc1F. The molecule has 1 heterocycles. The highest BCUT2D eigenvalue weighted by molar-refractivity contribution is 5.42. The minimum Gasteiger partial charge on any atom is -0.494 e. The van der Waals surface area contributed by atoms with Gasteiger partial charge < -0.3 is 10.1 Å². The zero-order valence-corrected chi connectivity index (χ0v) is 11.2. The van der Waals surface area contributed by atoms with E-state index in [4.69, 9.17) is 10.00 Å². The average Bonchev–Trinajstić information content (AvgIpc) is 2.48. The van der Waals surface area contributed by atoms with Crippen LogP contribution < -0.4 is 10.1 Å². The number of aromatic nitrogens is 1. The Hall–Kier alpha value is -2.61. The van der Waals surface area contributed by atoms with Crippen LogP contribution in [0.1, 0.15) is 24.1 Å². The molecule has 2 rings (SSSR count). The Morgan fingerprint density at radius 1 is 1.35 bits per heavy atom. The number of pyridine rings is 1. The zero-order valence-electron chi connectivity index (χ0n) is 11.2. The predicted octanol–water partition coefficient (Wildman–Crippen LogP) is 3.27. The van der Waals surface area contributed by atoms with Crippen LogP contribution in [-0.2, 0) is 0 Å². The lowest BCUT2D eigenvalue weighted by molar-refractivity contribution is 0.386. The molecule has 0 aliphatic carbocycles. The zero-order chi connectivity index (χ0) is 14.5. The first-order chi connectivity index (χ1) is 9.63. The molecule has 0 saturated heterocycles. The summed E-state index contributed by atoms with van der Waals surface area (Å²) in [5.74, 6) is 0.455. The van der Waals surface area contributed by atoms with Gasteiger partial charge in [0.15, 0.2) is 11.6 Å². The first-order valence-corrected chi connectivity index (χ1v) is 6.10. The van der Waals surface area contributed by atoms with Crippen LogP contribution in [-0.4, -0.2) is 12.1 Å². The molecule has 0 unspecified atom stereocenters. The molecule has 0 aliphatic heterocycles. The molecule has 0 radical (unpaired) electrons. The molecular weight excluding hydrogens is 257 g/mol. The van der Waals surface area contributed by atoms with E-state index in [0.29, 0.717) is 11.4 Å². The third kappa shape index (κ3) is 3.04. The molecule has 1 N–H and O–H groups in total. The quantitative estimate of drug-likeness (QED) is 0.927. The lowest BCUT2D eigenvalue weighted by atomic mass is 10.1. The average molecular weight is 271 g/mol. The number of ether oxygens (including phenoxy) is 1. The Morgan fingerprint density at radius 3 is 2.70 bits per heavy atom. The van der Waals surface area contributed by atoms with Crippen molar-refractivity contribution in [3.63, 3.8) is 0 Å². The highest BCUT2D eigenvalue weighted by atomic mass is 19.1. The summed E-state index contributed by atoms with van der Waals surface area (Å²) >= 11 is 0. The van der Waals surface area contributed by atoms with E-state index in [1.165, 1.54) is 19.4 Å². The number of hydrogen-bond acceptors (Lipinski definition) is 4. The van der Waals surface area contributed by atoms with Crippen molar-refractivity contribution in [2.24, 2.45) is 0 Å². The predicted molar refractivity (Wildman–Crippen MR) is 73.9 cm³/mol. The number of methoxy groups -OCH3 is 1. The van der Waals surface area contributed by atoms with Crippen molar-refractivity contribution in [3.05, 3.63) is 53.5 Å². The van der Waals surface area contributed by atoms with Crippen LogP contribution in [0.3, 0.4) is 0 Å². The van der Waals surface area contributed by atoms with Gasteiger partial charge in [0.05, 0.1) is 18.7 Å². The van der Waals surface area contributed by atoms with Crippen LogP contribution in [0, 0.1) is 17.1 Å². The highest BCUT2D eigenvalue weighted by Crippen LogP contribution is 2.23. The lowest BCUT2D eigenvalue weighted by Crippen LogP contribution is -2.08. The highest BCUT2D eigenvalue weighted by Gasteiger charge is 2.10. The molecular formula is C15H14FN3O. The minimum absolute atomic E-state index is 0.115. The van der Waals surface area contributed by atoms with Crippen LogP contribution in [0.25, 0.3) is 0 Å². The first kappa shape index (κ1) is 13.8. The molecule has 102 valence electrons. The van der Waals surface area contributed by atoms with Gasteiger partial charge in [-0.1, -0.05) is 6.07 Å². The van der Waals surface area contributed by atoms with E-state index in [0.717, 1.165) is 5.56 Å². The normalized spacial score (nSPS) is 11.5. The number of benzene rings is 1. The van der Waals surface area contributed by atoms with Gasteiger partial charge in [0.2, 0.25) is 0 Å². The van der Waals surface area contributed by atoms with Gasteiger partial charge in [0, 0.05) is 6.20 Å². The third-order valence-electron chi connectivity index (χ3n) is 2.93. The third-order valence-corrected chi connectivity index (χ3v) is 2.93. The Kier molecular flexibility index (Phi) is 4.16. The van der Waals surface area contributed by atoms with Gasteiger partial charge in [-0.25, -0.2) is 9.37 Å². The van der Waals surface area contributed by atoms with Crippen LogP contribution in [0.2, 0.25) is 0 Å². The Balaban J connectivity index is 2.13. The van der Waals surface area contributed by atoms with Gasteiger partial charge in [-0.05, 0) is 36.8 Å². The first-order valence-electron chi connectivity index (χ1n) is 6.10. The minimum atomic E-state index is -0.397. The van der Waals surface area contributed by atoms with Crippen molar-refractivity contribution in [3.8, 4) is 11.8 Å². The fourth-order valence-corrected chi connectivity index (χ4v) is 1.80. The smallest absolute Gasteiger partial charge is 0.165 e. The molecule has 0 fully saturated rings. The summed E-state index contributed by atoms with van der Waals surface area (Å²) in [4.78, 5) is 4.12. The molecule has 2 aromatic rings. The van der Waals surface area contributed by atoms with Crippen molar-refractivity contribution < 1.29 is 9.13 Å². The van der Waals surface area contributed by atoms with Gasteiger partial charge in [-0.3, -0.25) is 0 Å². The second-order valence-electron chi connectivity index (χ2n) is 4.30. The lowest BCUT2D eigenvalue weighted by Gasteiger charge is -2.15. The summed E-state index contributed by atoms with van der Waals surface area (Å²) < 4.78 is 18.5. The molecule has 1 aromatic heterocycles. The number of anilines is 1. The second-order valence-corrected chi connectivity index (χ2v) is 4.30. The maximum Gasteiger partial charge on any atom is 0.165 e. The molecule has 0 bridgehead atoms. The van der Waals surface area contributed by atoms with Gasteiger partial charge in [-0.15, -0.1) is 0 Å². The van der Waals surface area contributed by atoms with E-state index in [-0.39, 0.29) is 11.8 Å². The number of rotatable bonds is 4. The fraction of sp³-hybridized carbons (Fsp3) is 0.200. The van der Waals surface area contributed by atoms with Crippen molar-refractivity contribution in [2.45, 2.75) is 13.0 Å². The summed E-state index contributed by atoms with van der Waals surface area (Å²) in [7, 11) is 1.43. The molecule has 20 heavy (non-hydrogen) atoms. The van der Waals surface area contributed by atoms with E-state index >= 15 is 0 Å². The summed E-state index contributed by atoms with van der Waals surface area (Å²) in [6, 6.07) is 10.1. The van der Waals surface area contributed by atoms with Crippen molar-refractivity contribution in [1.29, 1.82) is 5.26 Å². The van der Waals surface area contributed by atoms with Crippen molar-refractivity contribution >= 4 is 5.82 Å². The van der Waals surface area contributed by atoms with E-state index < -0.39 is 5.82 Å². The van der Waals surface area contributed by atoms with Crippen LogP contribution in [0.4, 0.5) is 10.2 Å². The van der Waals surface area contributed by atoms with Gasteiger partial charge in [0.1, 0.15) is 11.9 Å². The van der Waals surface area contributed by atoms with Crippen molar-refractivity contribution in [1.82, 2.24) is 4.98 Å². The maximum absolute atomic E-state index is 13.6. The Labute approximate surface area is 116 Å². The Morgan fingerprint density at radius 2 is 2.15 bits per heavy atom. The fourth-order valence-electron chi connectivity index (χ4n) is 1.80. The molecule has 1 aromatic carbocycles. The summed E-state index contributed by atoms with van der Waals surface area (Å²) in [6.07, 6.45) is 1.49. The van der Waals surface area contributed by atoms with Crippen LogP contribution in [0.5, 0.6) is 5.75 Å². The molecule has 0 aliphatic rings. The maximum atomic E-state index is 13.6. The van der Waals surface area contributed by atoms with Crippen LogP contribution >= 0.6 is 0 Å². The van der Waals surface area contributed by atoms with E-state index in [2.05, 4.69) is 10.3 Å². The van der Waals surface area contributed by atoms with E-state index in [1.807, 2.05) is 13.0 Å². The number of nitriles is 1. The molecule has 0 amide bonds. The van der Waals surface area contributed by atoms with Gasteiger partial charge in [0.25, 0.3) is 0 Å². The van der Waals surface area contributed by atoms with Crippen molar-refractivity contribution in [2.75, 3.05) is 12.4 Å². The standard InChI is InChI=1S/C15H14FN3O/c1-10(12-4-5-14(20-2)13(16)7-12)19-15-6-3-11(8-17)9-18-15/h3-7,9-10H,1-2H3,(H,18,19)/t10-/m0/s1. The molecule has 4 nitrogen and oxygen atoms in total. The molecule has 1 atom stereocenters. The molecule has 0 spiro atoms. The van der Waals surface area contributed by atoms with Gasteiger partial charge in [-0.2, -0.15) is 5.26 Å². The number of nitrogens with one attached hydrogen (secondary N) is 1. The van der Waals surface area contributed by atoms with E-state index in [9.17, 15) is 4.39 Å². The topological polar surface area (TPSA) is 57.9 Å². The number of hydrogen-bond donors (Lipinski definition) is 1. The molecule has 0 saturated carbocycles. The van der Waals surface area contributed by atoms with E-state index in [1.54, 1.807) is 24.3 Å². The summed E-state index contributed by atoms with van der Waals surface area (Å²) in [5.41, 5.74) is 1.29. The number of nitrogens with zero attached hydrogens (tertiary/aromatic N) is 2. The van der Waals surface area contributed by atoms with Gasteiger partial charge >= 0.3 is 0 Å². The largest absolute Gasteiger partial charge is 0.494 e. The summed E-state index contributed by atoms with van der Waals surface area (Å²) in [6.45, 7) is 1.90. The number of halogens is 1.